The molecule has 4 rings (SSSR count). The Labute approximate surface area is 236 Å². The zero-order chi connectivity index (χ0) is 27.2. The van der Waals surface area contributed by atoms with Crippen molar-refractivity contribution >= 4 is 0 Å². The van der Waals surface area contributed by atoms with Crippen LogP contribution in [-0.2, 0) is 0 Å². The molecule has 0 radical (unpaired) electrons. The van der Waals surface area contributed by atoms with Crippen LogP contribution in [0, 0.1) is 59.2 Å². The molecule has 38 heavy (non-hydrogen) atoms. The molecule has 0 aromatic heterocycles. The minimum Gasteiger partial charge on any atom is -0.307 e. The molecule has 4 aliphatic rings. The van der Waals surface area contributed by atoms with Crippen LogP contribution >= 0.6 is 0 Å². The molecular formula is C36H62FN. The molecule has 0 bridgehead atoms. The number of nitrogens with one attached hydrogen (secondary N) is 1. The molecule has 1 saturated heterocycles. The number of allylic oxidation sites excluding steroid dienone is 1. The Kier molecular flexibility index (Phi) is 11.4. The van der Waals surface area contributed by atoms with Crippen molar-refractivity contribution in [3.63, 3.8) is 0 Å². The summed E-state index contributed by atoms with van der Waals surface area (Å²) in [6, 6.07) is 1.01. The van der Waals surface area contributed by atoms with E-state index in [0.29, 0.717) is 47.6 Å². The summed E-state index contributed by atoms with van der Waals surface area (Å²) in [6.07, 6.45) is 22.8. The minimum atomic E-state index is -0.531. The predicted molar refractivity (Wildman–Crippen MR) is 163 cm³/mol. The number of piperidine rings is 1. The predicted octanol–water partition coefficient (Wildman–Crippen LogP) is 10.2. The van der Waals surface area contributed by atoms with E-state index in [9.17, 15) is 4.39 Å². The standard InChI is InChI=1S/C36H62FN/c1-7-11-19-33-35(36-26(8-2)15-14-16-27(36)9-3)25(6)34(32(10-4)38-33)24(5)28-20-22-29(23-21-28)30-17-12-13-18-31(30)37/h8,10,24-36,38H,2,4,7,9,11-23H2,1,3,5-6H3. The van der Waals surface area contributed by atoms with Crippen LogP contribution in [0.2, 0.25) is 0 Å². The topological polar surface area (TPSA) is 12.0 Å². The molecule has 0 spiro atoms. The normalized spacial score (nSPS) is 45.3. The smallest absolute Gasteiger partial charge is 0.103 e. The van der Waals surface area contributed by atoms with Crippen molar-refractivity contribution in [3.8, 4) is 0 Å². The van der Waals surface area contributed by atoms with E-state index in [-0.39, 0.29) is 0 Å². The third-order valence-corrected chi connectivity index (χ3v) is 12.5. The molecule has 2 heteroatoms. The summed E-state index contributed by atoms with van der Waals surface area (Å²) in [5.41, 5.74) is 0. The van der Waals surface area contributed by atoms with Crippen LogP contribution < -0.4 is 5.32 Å². The van der Waals surface area contributed by atoms with Crippen LogP contribution in [0.4, 0.5) is 4.39 Å². The van der Waals surface area contributed by atoms with Crippen molar-refractivity contribution in [1.29, 1.82) is 0 Å². The lowest BCUT2D eigenvalue weighted by Gasteiger charge is -2.56. The van der Waals surface area contributed by atoms with Crippen molar-refractivity contribution < 1.29 is 4.39 Å². The van der Waals surface area contributed by atoms with Crippen molar-refractivity contribution in [2.45, 2.75) is 142 Å². The van der Waals surface area contributed by atoms with E-state index in [4.69, 9.17) is 0 Å². The number of unbranched alkanes of at least 4 members (excludes halogenated alkanes) is 1. The Hall–Kier alpha value is -0.630. The third kappa shape index (κ3) is 6.47. The molecule has 11 unspecified atom stereocenters. The summed E-state index contributed by atoms with van der Waals surface area (Å²) >= 11 is 0. The van der Waals surface area contributed by atoms with Crippen LogP contribution in [0.3, 0.4) is 0 Å². The first kappa shape index (κ1) is 30.3. The van der Waals surface area contributed by atoms with E-state index < -0.39 is 6.17 Å². The highest BCUT2D eigenvalue weighted by Crippen LogP contribution is 2.53. The van der Waals surface area contributed by atoms with Gasteiger partial charge in [-0.3, -0.25) is 0 Å². The Bertz CT molecular complexity index is 725. The highest BCUT2D eigenvalue weighted by molar-refractivity contribution is 5.08. The lowest BCUT2D eigenvalue weighted by molar-refractivity contribution is -0.0328. The van der Waals surface area contributed by atoms with E-state index in [2.05, 4.69) is 58.3 Å². The Morgan fingerprint density at radius 3 is 2.26 bits per heavy atom. The molecule has 3 saturated carbocycles. The van der Waals surface area contributed by atoms with Crippen molar-refractivity contribution in [1.82, 2.24) is 5.32 Å². The molecule has 0 aromatic rings. The van der Waals surface area contributed by atoms with E-state index in [0.717, 1.165) is 42.9 Å². The average molecular weight is 528 g/mol. The molecule has 11 atom stereocenters. The molecule has 0 aromatic carbocycles. The summed E-state index contributed by atoms with van der Waals surface area (Å²) in [7, 11) is 0. The molecule has 1 aliphatic heterocycles. The molecule has 4 fully saturated rings. The van der Waals surface area contributed by atoms with Gasteiger partial charge >= 0.3 is 0 Å². The fourth-order valence-corrected chi connectivity index (χ4v) is 10.5. The van der Waals surface area contributed by atoms with Crippen LogP contribution in [0.15, 0.2) is 25.3 Å². The Morgan fingerprint density at radius 2 is 1.63 bits per heavy atom. The Morgan fingerprint density at radius 1 is 0.895 bits per heavy atom. The monoisotopic (exact) mass is 527 g/mol. The quantitative estimate of drug-likeness (QED) is 0.279. The molecule has 218 valence electrons. The van der Waals surface area contributed by atoms with Gasteiger partial charge in [-0.25, -0.2) is 4.39 Å². The zero-order valence-corrected chi connectivity index (χ0v) is 25.6. The second-order valence-corrected chi connectivity index (χ2v) is 14.3. The first-order chi connectivity index (χ1) is 18.4. The van der Waals surface area contributed by atoms with Crippen LogP contribution in [0.5, 0.6) is 0 Å². The zero-order valence-electron chi connectivity index (χ0n) is 25.6. The van der Waals surface area contributed by atoms with Gasteiger partial charge in [-0.2, -0.15) is 0 Å². The van der Waals surface area contributed by atoms with Gasteiger partial charge in [0.15, 0.2) is 0 Å². The second kappa shape index (κ2) is 14.3. The van der Waals surface area contributed by atoms with Gasteiger partial charge in [-0.1, -0.05) is 84.8 Å². The summed E-state index contributed by atoms with van der Waals surface area (Å²) in [6.45, 7) is 18.7. The number of halogens is 1. The number of rotatable bonds is 10. The van der Waals surface area contributed by atoms with E-state index in [1.807, 2.05) is 0 Å². The summed E-state index contributed by atoms with van der Waals surface area (Å²) in [5, 5.41) is 4.24. The number of alkyl halides is 1. The SMILES string of the molecule is C=CC1CCCC(CC)C1C1C(CCCC)NC(C=C)C(C(C)C2CCC(C3CCCCC3F)CC2)C1C. The second-order valence-electron chi connectivity index (χ2n) is 14.3. The minimum absolute atomic E-state index is 0.355. The van der Waals surface area contributed by atoms with Crippen LogP contribution in [-0.4, -0.2) is 18.3 Å². The van der Waals surface area contributed by atoms with Gasteiger partial charge in [0, 0.05) is 12.1 Å². The number of hydrogen-bond donors (Lipinski definition) is 1. The van der Waals surface area contributed by atoms with Crippen LogP contribution in [0.1, 0.15) is 124 Å². The highest BCUT2D eigenvalue weighted by Gasteiger charge is 2.50. The molecular weight excluding hydrogens is 465 g/mol. The maximum atomic E-state index is 14.8. The van der Waals surface area contributed by atoms with E-state index >= 15 is 0 Å². The molecule has 1 N–H and O–H groups in total. The molecule has 3 aliphatic carbocycles. The van der Waals surface area contributed by atoms with Gasteiger partial charge in [0.25, 0.3) is 0 Å². The lowest BCUT2D eigenvalue weighted by Crippen LogP contribution is -2.61. The van der Waals surface area contributed by atoms with Gasteiger partial charge < -0.3 is 5.32 Å². The largest absolute Gasteiger partial charge is 0.307 e. The van der Waals surface area contributed by atoms with Gasteiger partial charge in [-0.15, -0.1) is 13.2 Å². The van der Waals surface area contributed by atoms with Crippen molar-refractivity contribution in [2.75, 3.05) is 0 Å². The maximum Gasteiger partial charge on any atom is 0.103 e. The summed E-state index contributed by atoms with van der Waals surface area (Å²) in [4.78, 5) is 0. The average Bonchev–Trinajstić information content (AvgIpc) is 2.95. The van der Waals surface area contributed by atoms with E-state index in [1.54, 1.807) is 0 Å². The lowest BCUT2D eigenvalue weighted by atomic mass is 9.54. The Balaban J connectivity index is 1.53. The first-order valence-corrected chi connectivity index (χ1v) is 17.1. The molecule has 0 amide bonds. The summed E-state index contributed by atoms with van der Waals surface area (Å²) in [5.74, 6) is 6.79. The third-order valence-electron chi connectivity index (χ3n) is 12.5. The molecule has 1 nitrogen and oxygen atoms in total. The molecule has 1 heterocycles. The van der Waals surface area contributed by atoms with Gasteiger partial charge in [0.1, 0.15) is 6.17 Å². The van der Waals surface area contributed by atoms with Gasteiger partial charge in [0.05, 0.1) is 0 Å². The first-order valence-electron chi connectivity index (χ1n) is 17.1. The van der Waals surface area contributed by atoms with Crippen molar-refractivity contribution in [3.05, 3.63) is 25.3 Å². The van der Waals surface area contributed by atoms with E-state index in [1.165, 1.54) is 77.0 Å². The van der Waals surface area contributed by atoms with Gasteiger partial charge in [0.2, 0.25) is 0 Å². The summed E-state index contributed by atoms with van der Waals surface area (Å²) < 4.78 is 14.8. The highest BCUT2D eigenvalue weighted by atomic mass is 19.1. The van der Waals surface area contributed by atoms with Crippen molar-refractivity contribution in [2.24, 2.45) is 59.2 Å². The fraction of sp³-hybridized carbons (Fsp3) is 0.889. The fourth-order valence-electron chi connectivity index (χ4n) is 10.5. The maximum absolute atomic E-state index is 14.8. The van der Waals surface area contributed by atoms with Gasteiger partial charge in [-0.05, 0) is 111 Å². The van der Waals surface area contributed by atoms with Crippen LogP contribution in [0.25, 0.3) is 0 Å². The number of hydrogen-bond acceptors (Lipinski definition) is 1.